The van der Waals surface area contributed by atoms with Crippen LogP contribution in [0.3, 0.4) is 0 Å². The SMILES string of the molecule is Cc1ccc(S(=O)(=O)N(C)Cc2ccc(C)cc2C)cc1. The first-order valence-corrected chi connectivity index (χ1v) is 8.34. The second-order valence-corrected chi connectivity index (χ2v) is 7.55. The Bertz CT molecular complexity index is 734. The van der Waals surface area contributed by atoms with Gasteiger partial charge in [0.05, 0.1) is 4.90 Å². The molecule has 0 atom stereocenters. The molecular weight excluding hydrogens is 282 g/mol. The van der Waals surface area contributed by atoms with Crippen molar-refractivity contribution in [2.24, 2.45) is 0 Å². The van der Waals surface area contributed by atoms with E-state index in [0.717, 1.165) is 16.7 Å². The van der Waals surface area contributed by atoms with Crippen molar-refractivity contribution in [2.75, 3.05) is 7.05 Å². The van der Waals surface area contributed by atoms with Crippen molar-refractivity contribution in [2.45, 2.75) is 32.2 Å². The quantitative estimate of drug-likeness (QED) is 0.867. The highest BCUT2D eigenvalue weighted by molar-refractivity contribution is 7.89. The smallest absolute Gasteiger partial charge is 0.207 e. The van der Waals surface area contributed by atoms with Gasteiger partial charge in [-0.2, -0.15) is 4.31 Å². The highest BCUT2D eigenvalue weighted by atomic mass is 32.2. The molecule has 0 saturated carbocycles. The molecule has 0 unspecified atom stereocenters. The second kappa shape index (κ2) is 6.00. The Morgan fingerprint density at radius 1 is 0.905 bits per heavy atom. The average molecular weight is 303 g/mol. The van der Waals surface area contributed by atoms with E-state index in [9.17, 15) is 8.42 Å². The molecule has 2 aromatic carbocycles. The molecule has 21 heavy (non-hydrogen) atoms. The Kier molecular flexibility index (Phi) is 4.49. The van der Waals surface area contributed by atoms with Crippen molar-refractivity contribution < 1.29 is 8.42 Å². The van der Waals surface area contributed by atoms with Crippen molar-refractivity contribution in [3.05, 3.63) is 64.7 Å². The van der Waals surface area contributed by atoms with Gasteiger partial charge in [-0.05, 0) is 44.0 Å². The maximum Gasteiger partial charge on any atom is 0.243 e. The van der Waals surface area contributed by atoms with Gasteiger partial charge in [0, 0.05) is 13.6 Å². The first kappa shape index (κ1) is 15.7. The van der Waals surface area contributed by atoms with Gasteiger partial charge < -0.3 is 0 Å². The summed E-state index contributed by atoms with van der Waals surface area (Å²) in [6.07, 6.45) is 0. The minimum Gasteiger partial charge on any atom is -0.207 e. The van der Waals surface area contributed by atoms with Crippen LogP contribution in [-0.4, -0.2) is 19.8 Å². The van der Waals surface area contributed by atoms with Gasteiger partial charge in [0.2, 0.25) is 10.0 Å². The molecule has 0 aliphatic rings. The van der Waals surface area contributed by atoms with Crippen molar-refractivity contribution in [1.29, 1.82) is 0 Å². The fourth-order valence-corrected chi connectivity index (χ4v) is 3.39. The summed E-state index contributed by atoms with van der Waals surface area (Å²) in [5, 5.41) is 0. The third kappa shape index (κ3) is 3.52. The van der Waals surface area contributed by atoms with Crippen LogP contribution in [0.15, 0.2) is 47.4 Å². The summed E-state index contributed by atoms with van der Waals surface area (Å²) in [5.41, 5.74) is 4.37. The van der Waals surface area contributed by atoms with Gasteiger partial charge in [0.15, 0.2) is 0 Å². The second-order valence-electron chi connectivity index (χ2n) is 5.50. The summed E-state index contributed by atoms with van der Waals surface area (Å²) in [4.78, 5) is 0.334. The molecule has 0 aliphatic heterocycles. The molecule has 0 spiro atoms. The van der Waals surface area contributed by atoms with Crippen LogP contribution in [0.5, 0.6) is 0 Å². The lowest BCUT2D eigenvalue weighted by atomic mass is 10.1. The third-order valence-corrected chi connectivity index (χ3v) is 5.44. The van der Waals surface area contributed by atoms with Crippen LogP contribution in [0.4, 0.5) is 0 Å². The molecule has 0 N–H and O–H groups in total. The summed E-state index contributed by atoms with van der Waals surface area (Å²) < 4.78 is 26.5. The van der Waals surface area contributed by atoms with E-state index in [1.807, 2.05) is 45.0 Å². The largest absolute Gasteiger partial charge is 0.243 e. The molecular formula is C17H21NO2S. The number of nitrogens with zero attached hydrogens (tertiary/aromatic N) is 1. The van der Waals surface area contributed by atoms with E-state index in [2.05, 4.69) is 6.07 Å². The third-order valence-electron chi connectivity index (χ3n) is 3.62. The number of hydrogen-bond donors (Lipinski definition) is 0. The number of rotatable bonds is 4. The maximum atomic E-state index is 12.6. The Morgan fingerprint density at radius 2 is 1.48 bits per heavy atom. The maximum absolute atomic E-state index is 12.6. The normalized spacial score (nSPS) is 11.9. The molecule has 4 heteroatoms. The fraction of sp³-hybridized carbons (Fsp3) is 0.294. The zero-order valence-corrected chi connectivity index (χ0v) is 13.7. The van der Waals surface area contributed by atoms with Crippen LogP contribution in [-0.2, 0) is 16.6 Å². The van der Waals surface area contributed by atoms with Crippen LogP contribution in [0.2, 0.25) is 0 Å². The number of hydrogen-bond acceptors (Lipinski definition) is 2. The molecule has 0 aliphatic carbocycles. The van der Waals surface area contributed by atoms with Crippen molar-refractivity contribution in [3.8, 4) is 0 Å². The van der Waals surface area contributed by atoms with E-state index < -0.39 is 10.0 Å². The van der Waals surface area contributed by atoms with Gasteiger partial charge in [-0.3, -0.25) is 0 Å². The van der Waals surface area contributed by atoms with Gasteiger partial charge in [0.1, 0.15) is 0 Å². The number of sulfonamides is 1. The van der Waals surface area contributed by atoms with E-state index in [1.54, 1.807) is 19.2 Å². The zero-order valence-electron chi connectivity index (χ0n) is 12.9. The molecule has 0 radical (unpaired) electrons. The van der Waals surface area contributed by atoms with E-state index >= 15 is 0 Å². The molecule has 0 saturated heterocycles. The van der Waals surface area contributed by atoms with Crippen LogP contribution in [0.1, 0.15) is 22.3 Å². The predicted molar refractivity (Wildman–Crippen MR) is 85.7 cm³/mol. The standard InChI is InChI=1S/C17H21NO2S/c1-13-6-9-17(10-7-13)21(19,20)18(4)12-16-8-5-14(2)11-15(16)3/h5-11H,12H2,1-4H3. The molecule has 0 amide bonds. The molecule has 112 valence electrons. The number of benzene rings is 2. The monoisotopic (exact) mass is 303 g/mol. The van der Waals surface area contributed by atoms with E-state index in [0.29, 0.717) is 11.4 Å². The first-order valence-electron chi connectivity index (χ1n) is 6.90. The first-order chi connectivity index (χ1) is 9.80. The number of aryl methyl sites for hydroxylation is 3. The lowest BCUT2D eigenvalue weighted by Gasteiger charge is -2.19. The highest BCUT2D eigenvalue weighted by Crippen LogP contribution is 2.19. The molecule has 2 rings (SSSR count). The van der Waals surface area contributed by atoms with E-state index in [-0.39, 0.29) is 0 Å². The minimum atomic E-state index is -3.45. The van der Waals surface area contributed by atoms with E-state index in [4.69, 9.17) is 0 Å². The fourth-order valence-electron chi connectivity index (χ4n) is 2.24. The molecule has 2 aromatic rings. The lowest BCUT2D eigenvalue weighted by molar-refractivity contribution is 0.466. The van der Waals surface area contributed by atoms with Crippen LogP contribution in [0, 0.1) is 20.8 Å². The molecule has 0 fully saturated rings. The van der Waals surface area contributed by atoms with E-state index in [1.165, 1.54) is 9.87 Å². The summed E-state index contributed by atoms with van der Waals surface area (Å²) in [5.74, 6) is 0. The molecule has 3 nitrogen and oxygen atoms in total. The topological polar surface area (TPSA) is 37.4 Å². The van der Waals surface area contributed by atoms with Crippen LogP contribution < -0.4 is 0 Å². The van der Waals surface area contributed by atoms with Crippen molar-refractivity contribution >= 4 is 10.0 Å². The van der Waals surface area contributed by atoms with Gasteiger partial charge in [-0.25, -0.2) is 8.42 Å². The predicted octanol–water partition coefficient (Wildman–Crippen LogP) is 3.43. The Balaban J connectivity index is 2.26. The molecule has 0 heterocycles. The molecule has 0 aromatic heterocycles. The van der Waals surface area contributed by atoms with Gasteiger partial charge in [-0.1, -0.05) is 41.5 Å². The minimum absolute atomic E-state index is 0.334. The Morgan fingerprint density at radius 3 is 2.05 bits per heavy atom. The summed E-state index contributed by atoms with van der Waals surface area (Å²) in [6.45, 7) is 6.36. The molecule has 0 bridgehead atoms. The van der Waals surface area contributed by atoms with Gasteiger partial charge >= 0.3 is 0 Å². The lowest BCUT2D eigenvalue weighted by Crippen LogP contribution is -2.26. The van der Waals surface area contributed by atoms with Crippen molar-refractivity contribution in [3.63, 3.8) is 0 Å². The average Bonchev–Trinajstić information content (AvgIpc) is 2.42. The Hall–Kier alpha value is -1.65. The van der Waals surface area contributed by atoms with Crippen LogP contribution >= 0.6 is 0 Å². The van der Waals surface area contributed by atoms with Gasteiger partial charge in [-0.15, -0.1) is 0 Å². The summed E-state index contributed by atoms with van der Waals surface area (Å²) >= 11 is 0. The summed E-state index contributed by atoms with van der Waals surface area (Å²) in [6, 6.07) is 13.0. The van der Waals surface area contributed by atoms with Crippen molar-refractivity contribution in [1.82, 2.24) is 4.31 Å². The summed E-state index contributed by atoms with van der Waals surface area (Å²) in [7, 11) is -1.83. The zero-order chi connectivity index (χ0) is 15.6. The van der Waals surface area contributed by atoms with Gasteiger partial charge in [0.25, 0.3) is 0 Å². The Labute approximate surface area is 127 Å². The highest BCUT2D eigenvalue weighted by Gasteiger charge is 2.21. The van der Waals surface area contributed by atoms with Crippen LogP contribution in [0.25, 0.3) is 0 Å².